The fraction of sp³-hybridized carbons (Fsp3) is 0.308. The Morgan fingerprint density at radius 1 is 1.24 bits per heavy atom. The zero-order valence-corrected chi connectivity index (χ0v) is 11.6. The molecule has 2 N–H and O–H groups in total. The minimum atomic E-state index is -0.354. The maximum atomic E-state index is 13.8. The second kappa shape index (κ2) is 3.95. The minimum Gasteiger partial charge on any atom is -0.398 e. The number of anilines is 1. The molecular formula is C13H14BrFN2. The molecule has 0 unspecified atom stereocenters. The molecule has 0 saturated carbocycles. The Labute approximate surface area is 108 Å². The normalized spacial score (nSPS) is 12.1. The van der Waals surface area contributed by atoms with Gasteiger partial charge in [-0.1, -0.05) is 36.7 Å². The fourth-order valence-corrected chi connectivity index (χ4v) is 2.09. The van der Waals surface area contributed by atoms with Gasteiger partial charge in [-0.15, -0.1) is 0 Å². The van der Waals surface area contributed by atoms with Gasteiger partial charge in [0.05, 0.1) is 0 Å². The number of nitrogen functional groups attached to an aromatic ring is 1. The first kappa shape index (κ1) is 12.3. The number of hydrogen-bond acceptors (Lipinski definition) is 2. The number of nitrogens with two attached hydrogens (primary N) is 1. The minimum absolute atomic E-state index is 0.151. The van der Waals surface area contributed by atoms with Crippen molar-refractivity contribution < 1.29 is 4.39 Å². The molecule has 1 heterocycles. The summed E-state index contributed by atoms with van der Waals surface area (Å²) >= 11 is 3.25. The molecule has 90 valence electrons. The molecule has 0 saturated heterocycles. The Morgan fingerprint density at radius 2 is 1.88 bits per heavy atom. The maximum absolute atomic E-state index is 13.8. The van der Waals surface area contributed by atoms with Crippen LogP contribution in [-0.4, -0.2) is 4.98 Å². The lowest BCUT2D eigenvalue weighted by atomic mass is 9.91. The molecule has 0 amide bonds. The third kappa shape index (κ3) is 2.27. The number of fused-ring (bicyclic) bond motifs is 1. The Bertz CT molecular complexity index is 588. The van der Waals surface area contributed by atoms with Crippen LogP contribution in [0.4, 0.5) is 10.1 Å². The second-order valence-corrected chi connectivity index (χ2v) is 6.05. The van der Waals surface area contributed by atoms with Crippen LogP contribution in [0.1, 0.15) is 26.5 Å². The molecule has 4 heteroatoms. The van der Waals surface area contributed by atoms with Gasteiger partial charge in [0.15, 0.2) is 5.82 Å². The van der Waals surface area contributed by atoms with Crippen molar-refractivity contribution in [2.75, 3.05) is 5.73 Å². The lowest BCUT2D eigenvalue weighted by Crippen LogP contribution is -2.14. The zero-order chi connectivity index (χ0) is 12.8. The SMILES string of the molecule is CC(C)(C)c1cc(N)c2cc(Br)cc(F)c2n1. The highest BCUT2D eigenvalue weighted by molar-refractivity contribution is 9.10. The van der Waals surface area contributed by atoms with E-state index in [1.165, 1.54) is 6.07 Å². The average molecular weight is 297 g/mol. The molecule has 0 aliphatic carbocycles. The lowest BCUT2D eigenvalue weighted by molar-refractivity contribution is 0.569. The van der Waals surface area contributed by atoms with Crippen LogP contribution < -0.4 is 5.73 Å². The van der Waals surface area contributed by atoms with Crippen molar-refractivity contribution >= 4 is 32.5 Å². The average Bonchev–Trinajstić information content (AvgIpc) is 2.17. The molecule has 2 aromatic rings. The van der Waals surface area contributed by atoms with Crippen molar-refractivity contribution in [2.45, 2.75) is 26.2 Å². The van der Waals surface area contributed by atoms with Gasteiger partial charge in [-0.3, -0.25) is 0 Å². The third-order valence-corrected chi connectivity index (χ3v) is 3.09. The molecule has 0 fully saturated rings. The first-order chi connectivity index (χ1) is 7.79. The molecule has 0 atom stereocenters. The first-order valence-electron chi connectivity index (χ1n) is 5.35. The quantitative estimate of drug-likeness (QED) is 0.797. The molecule has 0 bridgehead atoms. The van der Waals surface area contributed by atoms with Crippen molar-refractivity contribution in [3.8, 4) is 0 Å². The molecular weight excluding hydrogens is 283 g/mol. The van der Waals surface area contributed by atoms with Crippen molar-refractivity contribution in [1.82, 2.24) is 4.98 Å². The molecule has 1 aromatic carbocycles. The van der Waals surface area contributed by atoms with E-state index < -0.39 is 0 Å². The topological polar surface area (TPSA) is 38.9 Å². The monoisotopic (exact) mass is 296 g/mol. The Morgan fingerprint density at radius 3 is 2.47 bits per heavy atom. The summed E-state index contributed by atoms with van der Waals surface area (Å²) in [7, 11) is 0. The summed E-state index contributed by atoms with van der Waals surface area (Å²) in [6, 6.07) is 5.00. The third-order valence-electron chi connectivity index (χ3n) is 2.63. The van der Waals surface area contributed by atoms with E-state index in [1.807, 2.05) is 26.8 Å². The summed E-state index contributed by atoms with van der Waals surface area (Å²) in [6.45, 7) is 6.08. The number of pyridine rings is 1. The fourth-order valence-electron chi connectivity index (χ4n) is 1.66. The van der Waals surface area contributed by atoms with Crippen molar-refractivity contribution in [2.24, 2.45) is 0 Å². The first-order valence-corrected chi connectivity index (χ1v) is 6.14. The van der Waals surface area contributed by atoms with Crippen LogP contribution in [0.25, 0.3) is 10.9 Å². The van der Waals surface area contributed by atoms with E-state index in [-0.39, 0.29) is 11.2 Å². The van der Waals surface area contributed by atoms with Crippen LogP contribution in [0.2, 0.25) is 0 Å². The van der Waals surface area contributed by atoms with Crippen LogP contribution >= 0.6 is 15.9 Å². The molecule has 0 aliphatic heterocycles. The van der Waals surface area contributed by atoms with Gasteiger partial charge in [-0.25, -0.2) is 9.37 Å². The van der Waals surface area contributed by atoms with E-state index >= 15 is 0 Å². The number of rotatable bonds is 0. The van der Waals surface area contributed by atoms with Crippen LogP contribution in [-0.2, 0) is 5.41 Å². The largest absolute Gasteiger partial charge is 0.398 e. The molecule has 2 rings (SSSR count). The number of halogens is 2. The summed E-state index contributed by atoms with van der Waals surface area (Å²) in [5, 5.41) is 0.643. The summed E-state index contributed by atoms with van der Waals surface area (Å²) in [5.41, 5.74) is 7.50. The summed E-state index contributed by atoms with van der Waals surface area (Å²) in [6.07, 6.45) is 0. The van der Waals surface area contributed by atoms with Gasteiger partial charge >= 0.3 is 0 Å². The maximum Gasteiger partial charge on any atom is 0.150 e. The molecule has 0 spiro atoms. The molecule has 0 radical (unpaired) electrons. The Hall–Kier alpha value is -1.16. The van der Waals surface area contributed by atoms with Gasteiger partial charge in [0.1, 0.15) is 5.52 Å². The number of benzene rings is 1. The van der Waals surface area contributed by atoms with E-state index in [0.717, 1.165) is 5.69 Å². The summed E-state index contributed by atoms with van der Waals surface area (Å²) < 4.78 is 14.5. The van der Waals surface area contributed by atoms with Gasteiger partial charge in [0.25, 0.3) is 0 Å². The van der Waals surface area contributed by atoms with E-state index in [4.69, 9.17) is 5.73 Å². The highest BCUT2D eigenvalue weighted by Gasteiger charge is 2.18. The lowest BCUT2D eigenvalue weighted by Gasteiger charge is -2.19. The standard InChI is InChI=1S/C13H14BrFN2/c1-13(2,3)11-6-10(16)8-4-7(14)5-9(15)12(8)17-11/h4-6H,1-3H3,(H2,16,17). The van der Waals surface area contributed by atoms with Gasteiger partial charge in [-0.2, -0.15) is 0 Å². The number of aromatic nitrogens is 1. The number of nitrogens with zero attached hydrogens (tertiary/aromatic N) is 1. The van der Waals surface area contributed by atoms with Crippen molar-refractivity contribution in [1.29, 1.82) is 0 Å². The summed E-state index contributed by atoms with van der Waals surface area (Å²) in [5.74, 6) is -0.354. The van der Waals surface area contributed by atoms with E-state index in [2.05, 4.69) is 20.9 Å². The predicted molar refractivity (Wildman–Crippen MR) is 72.5 cm³/mol. The van der Waals surface area contributed by atoms with Gasteiger partial charge in [0.2, 0.25) is 0 Å². The van der Waals surface area contributed by atoms with Crippen LogP contribution in [0.15, 0.2) is 22.7 Å². The van der Waals surface area contributed by atoms with Gasteiger partial charge in [0, 0.05) is 26.7 Å². The second-order valence-electron chi connectivity index (χ2n) is 5.13. The van der Waals surface area contributed by atoms with E-state index in [9.17, 15) is 4.39 Å². The molecule has 17 heavy (non-hydrogen) atoms. The van der Waals surface area contributed by atoms with Crippen LogP contribution in [0.5, 0.6) is 0 Å². The Kier molecular flexibility index (Phi) is 2.86. The van der Waals surface area contributed by atoms with E-state index in [1.54, 1.807) is 6.07 Å². The van der Waals surface area contributed by atoms with E-state index in [0.29, 0.717) is 21.1 Å². The van der Waals surface area contributed by atoms with Crippen LogP contribution in [0, 0.1) is 5.82 Å². The predicted octanol–water partition coefficient (Wildman–Crippen LogP) is 4.02. The van der Waals surface area contributed by atoms with Gasteiger partial charge < -0.3 is 5.73 Å². The molecule has 0 aliphatic rings. The highest BCUT2D eigenvalue weighted by Crippen LogP contribution is 2.30. The number of hydrogen-bond donors (Lipinski definition) is 1. The smallest absolute Gasteiger partial charge is 0.150 e. The highest BCUT2D eigenvalue weighted by atomic mass is 79.9. The molecule has 2 nitrogen and oxygen atoms in total. The Balaban J connectivity index is 2.83. The summed E-state index contributed by atoms with van der Waals surface area (Å²) in [4.78, 5) is 4.37. The van der Waals surface area contributed by atoms with Crippen LogP contribution in [0.3, 0.4) is 0 Å². The van der Waals surface area contributed by atoms with Crippen molar-refractivity contribution in [3.63, 3.8) is 0 Å². The van der Waals surface area contributed by atoms with Gasteiger partial charge in [-0.05, 0) is 18.2 Å². The molecule has 1 aromatic heterocycles. The zero-order valence-electron chi connectivity index (χ0n) is 10.0. The van der Waals surface area contributed by atoms with Crippen molar-refractivity contribution in [3.05, 3.63) is 34.2 Å².